The normalized spacial score (nSPS) is 12.9. The topological polar surface area (TPSA) is 29.3 Å². The summed E-state index contributed by atoms with van der Waals surface area (Å²) in [5.74, 6) is 0. The van der Waals surface area contributed by atoms with Crippen molar-refractivity contribution in [1.82, 2.24) is 4.90 Å². The summed E-state index contributed by atoms with van der Waals surface area (Å²) in [6.07, 6.45) is 2.29. The van der Waals surface area contributed by atoms with Crippen molar-refractivity contribution in [2.24, 2.45) is 5.73 Å². The van der Waals surface area contributed by atoms with Crippen molar-refractivity contribution in [1.29, 1.82) is 0 Å². The SMILES string of the molecule is CCN(C(C)C)C(CC)(CC)CN. The van der Waals surface area contributed by atoms with Gasteiger partial charge in [-0.05, 0) is 33.2 Å². The minimum Gasteiger partial charge on any atom is -0.329 e. The molecule has 0 saturated heterocycles. The van der Waals surface area contributed by atoms with E-state index in [2.05, 4.69) is 39.5 Å². The Morgan fingerprint density at radius 2 is 1.62 bits per heavy atom. The van der Waals surface area contributed by atoms with Gasteiger partial charge in [0.05, 0.1) is 0 Å². The van der Waals surface area contributed by atoms with Gasteiger partial charge in [-0.3, -0.25) is 4.90 Å². The molecule has 0 heterocycles. The third-order valence-corrected chi connectivity index (χ3v) is 3.27. The van der Waals surface area contributed by atoms with Gasteiger partial charge in [0, 0.05) is 18.1 Å². The molecule has 0 radical (unpaired) electrons. The largest absolute Gasteiger partial charge is 0.329 e. The fraction of sp³-hybridized carbons (Fsp3) is 1.00. The Hall–Kier alpha value is -0.0800. The van der Waals surface area contributed by atoms with Gasteiger partial charge < -0.3 is 5.73 Å². The molecular weight excluding hydrogens is 160 g/mol. The average molecular weight is 186 g/mol. The molecule has 0 aromatic heterocycles. The third-order valence-electron chi connectivity index (χ3n) is 3.27. The highest BCUT2D eigenvalue weighted by Crippen LogP contribution is 2.24. The van der Waals surface area contributed by atoms with Crippen molar-refractivity contribution >= 4 is 0 Å². The van der Waals surface area contributed by atoms with E-state index in [0.29, 0.717) is 6.04 Å². The number of nitrogens with zero attached hydrogens (tertiary/aromatic N) is 1. The van der Waals surface area contributed by atoms with Crippen LogP contribution >= 0.6 is 0 Å². The second kappa shape index (κ2) is 5.61. The monoisotopic (exact) mass is 186 g/mol. The number of rotatable bonds is 6. The molecule has 0 aromatic rings. The molecule has 0 aliphatic rings. The lowest BCUT2D eigenvalue weighted by Gasteiger charge is -2.44. The maximum absolute atomic E-state index is 5.90. The Morgan fingerprint density at radius 1 is 1.15 bits per heavy atom. The molecule has 80 valence electrons. The lowest BCUT2D eigenvalue weighted by Crippen LogP contribution is -2.55. The summed E-state index contributed by atoms with van der Waals surface area (Å²) in [6, 6.07) is 0.591. The maximum Gasteiger partial charge on any atom is 0.0329 e. The van der Waals surface area contributed by atoms with Crippen LogP contribution in [0, 0.1) is 0 Å². The average Bonchev–Trinajstić information content (AvgIpc) is 2.13. The predicted octanol–water partition coefficient (Wildman–Crippen LogP) is 2.23. The number of nitrogens with two attached hydrogens (primary N) is 1. The van der Waals surface area contributed by atoms with E-state index >= 15 is 0 Å². The van der Waals surface area contributed by atoms with Crippen LogP contribution < -0.4 is 5.73 Å². The van der Waals surface area contributed by atoms with Crippen LogP contribution in [0.15, 0.2) is 0 Å². The van der Waals surface area contributed by atoms with E-state index in [9.17, 15) is 0 Å². The number of hydrogen-bond donors (Lipinski definition) is 1. The molecule has 0 saturated carbocycles. The Kier molecular flexibility index (Phi) is 5.57. The summed E-state index contributed by atoms with van der Waals surface area (Å²) in [5.41, 5.74) is 6.13. The van der Waals surface area contributed by atoms with Crippen LogP contribution in [0.4, 0.5) is 0 Å². The van der Waals surface area contributed by atoms with Crippen LogP contribution in [0.3, 0.4) is 0 Å². The molecule has 0 amide bonds. The minimum atomic E-state index is 0.225. The fourth-order valence-electron chi connectivity index (χ4n) is 2.31. The lowest BCUT2D eigenvalue weighted by molar-refractivity contribution is 0.0597. The Morgan fingerprint density at radius 3 is 1.69 bits per heavy atom. The van der Waals surface area contributed by atoms with Gasteiger partial charge in [0.15, 0.2) is 0 Å². The zero-order chi connectivity index (χ0) is 10.5. The molecule has 0 rings (SSSR count). The quantitative estimate of drug-likeness (QED) is 0.689. The molecule has 2 nitrogen and oxygen atoms in total. The number of likely N-dealkylation sites (N-methyl/N-ethyl adjacent to an activating group) is 1. The third kappa shape index (κ3) is 2.68. The van der Waals surface area contributed by atoms with Gasteiger partial charge in [-0.25, -0.2) is 0 Å². The molecule has 0 bridgehead atoms. The summed E-state index contributed by atoms with van der Waals surface area (Å²) in [6.45, 7) is 13.1. The molecule has 0 aliphatic carbocycles. The van der Waals surface area contributed by atoms with Crippen LogP contribution in [0.25, 0.3) is 0 Å². The molecule has 2 heteroatoms. The minimum absolute atomic E-state index is 0.225. The molecule has 0 unspecified atom stereocenters. The predicted molar refractivity (Wildman–Crippen MR) is 59.9 cm³/mol. The zero-order valence-electron chi connectivity index (χ0n) is 9.93. The van der Waals surface area contributed by atoms with E-state index in [1.807, 2.05) is 0 Å². The highest BCUT2D eigenvalue weighted by atomic mass is 15.2. The summed E-state index contributed by atoms with van der Waals surface area (Å²) >= 11 is 0. The second-order valence-corrected chi connectivity index (χ2v) is 4.02. The van der Waals surface area contributed by atoms with E-state index in [1.54, 1.807) is 0 Å². The molecule has 0 aromatic carbocycles. The first-order valence-electron chi connectivity index (χ1n) is 5.54. The van der Waals surface area contributed by atoms with Gasteiger partial charge in [0.1, 0.15) is 0 Å². The van der Waals surface area contributed by atoms with Crippen molar-refractivity contribution in [3.05, 3.63) is 0 Å². The van der Waals surface area contributed by atoms with Gasteiger partial charge in [-0.15, -0.1) is 0 Å². The molecule has 2 N–H and O–H groups in total. The van der Waals surface area contributed by atoms with Crippen molar-refractivity contribution < 1.29 is 0 Å². The van der Waals surface area contributed by atoms with Gasteiger partial charge in [0.25, 0.3) is 0 Å². The van der Waals surface area contributed by atoms with Gasteiger partial charge in [-0.2, -0.15) is 0 Å². The summed E-state index contributed by atoms with van der Waals surface area (Å²) < 4.78 is 0. The van der Waals surface area contributed by atoms with Gasteiger partial charge in [-0.1, -0.05) is 20.8 Å². The zero-order valence-corrected chi connectivity index (χ0v) is 9.93. The lowest BCUT2D eigenvalue weighted by atomic mass is 9.89. The van der Waals surface area contributed by atoms with Gasteiger partial charge >= 0.3 is 0 Å². The Balaban J connectivity index is 4.65. The van der Waals surface area contributed by atoms with E-state index in [0.717, 1.165) is 25.9 Å². The molecule has 0 spiro atoms. The maximum atomic E-state index is 5.90. The molecular formula is C11H26N2. The summed E-state index contributed by atoms with van der Waals surface area (Å²) in [5, 5.41) is 0. The van der Waals surface area contributed by atoms with Crippen LogP contribution in [-0.4, -0.2) is 29.6 Å². The van der Waals surface area contributed by atoms with E-state index in [4.69, 9.17) is 5.73 Å². The van der Waals surface area contributed by atoms with Crippen LogP contribution in [-0.2, 0) is 0 Å². The first kappa shape index (κ1) is 12.9. The molecule has 0 atom stereocenters. The van der Waals surface area contributed by atoms with Crippen molar-refractivity contribution in [3.63, 3.8) is 0 Å². The van der Waals surface area contributed by atoms with Crippen molar-refractivity contribution in [3.8, 4) is 0 Å². The van der Waals surface area contributed by atoms with E-state index < -0.39 is 0 Å². The standard InChI is InChI=1S/C11H26N2/c1-6-11(7-2,9-12)13(8-3)10(4)5/h10H,6-9,12H2,1-5H3. The molecule has 0 aliphatic heterocycles. The van der Waals surface area contributed by atoms with E-state index in [-0.39, 0.29) is 5.54 Å². The van der Waals surface area contributed by atoms with Crippen molar-refractivity contribution in [2.75, 3.05) is 13.1 Å². The highest BCUT2D eigenvalue weighted by Gasteiger charge is 2.32. The van der Waals surface area contributed by atoms with Gasteiger partial charge in [0.2, 0.25) is 0 Å². The second-order valence-electron chi connectivity index (χ2n) is 4.02. The van der Waals surface area contributed by atoms with E-state index in [1.165, 1.54) is 0 Å². The summed E-state index contributed by atoms with van der Waals surface area (Å²) in [4.78, 5) is 2.52. The smallest absolute Gasteiger partial charge is 0.0329 e. The summed E-state index contributed by atoms with van der Waals surface area (Å²) in [7, 11) is 0. The molecule has 0 fully saturated rings. The first-order valence-corrected chi connectivity index (χ1v) is 5.54. The highest BCUT2D eigenvalue weighted by molar-refractivity contribution is 4.90. The van der Waals surface area contributed by atoms with Crippen LogP contribution in [0.2, 0.25) is 0 Å². The molecule has 13 heavy (non-hydrogen) atoms. The fourth-order valence-corrected chi connectivity index (χ4v) is 2.31. The first-order chi connectivity index (χ1) is 6.07. The van der Waals surface area contributed by atoms with Crippen LogP contribution in [0.1, 0.15) is 47.5 Å². The van der Waals surface area contributed by atoms with Crippen molar-refractivity contribution in [2.45, 2.75) is 59.0 Å². The Labute approximate surface area is 83.5 Å². The van der Waals surface area contributed by atoms with Crippen LogP contribution in [0.5, 0.6) is 0 Å². The Bertz CT molecular complexity index is 120. The number of hydrogen-bond acceptors (Lipinski definition) is 2.